The zero-order valence-electron chi connectivity index (χ0n) is 13.6. The Labute approximate surface area is 128 Å². The van der Waals surface area contributed by atoms with Crippen LogP contribution in [0.15, 0.2) is 42.6 Å². The van der Waals surface area contributed by atoms with Gasteiger partial charge in [-0.25, -0.2) is 0 Å². The Morgan fingerprint density at radius 2 is 1.86 bits per heavy atom. The normalized spacial score (nSPS) is 13.3. The Balaban J connectivity index is 2.03. The Bertz CT molecular complexity index is 537. The molecule has 3 nitrogen and oxygen atoms in total. The number of hydrogen-bond acceptors (Lipinski definition) is 2. The van der Waals surface area contributed by atoms with Gasteiger partial charge >= 0.3 is 0 Å². The summed E-state index contributed by atoms with van der Waals surface area (Å²) < 4.78 is 1.97. The van der Waals surface area contributed by atoms with Crippen LogP contribution in [0.3, 0.4) is 0 Å². The summed E-state index contributed by atoms with van der Waals surface area (Å²) in [6.07, 6.45) is 4.06. The quantitative estimate of drug-likeness (QED) is 0.880. The molecule has 0 aliphatic rings. The lowest BCUT2D eigenvalue weighted by Gasteiger charge is -2.25. The maximum absolute atomic E-state index is 4.25. The first-order chi connectivity index (χ1) is 9.96. The van der Waals surface area contributed by atoms with E-state index in [1.54, 1.807) is 0 Å². The van der Waals surface area contributed by atoms with E-state index in [0.717, 1.165) is 19.4 Å². The van der Waals surface area contributed by atoms with Gasteiger partial charge in [0.25, 0.3) is 0 Å². The van der Waals surface area contributed by atoms with Gasteiger partial charge in [-0.1, -0.05) is 30.3 Å². The van der Waals surface area contributed by atoms with Gasteiger partial charge in [0.2, 0.25) is 0 Å². The molecule has 0 fully saturated rings. The molecule has 2 rings (SSSR count). The molecule has 1 unspecified atom stereocenters. The van der Waals surface area contributed by atoms with Gasteiger partial charge in [-0.3, -0.25) is 4.68 Å². The molecule has 21 heavy (non-hydrogen) atoms. The minimum Gasteiger partial charge on any atom is -0.311 e. The zero-order valence-corrected chi connectivity index (χ0v) is 13.6. The SMILES string of the molecule is Cn1nccc1CCC(CNC(C)(C)C)c1ccccc1. The summed E-state index contributed by atoms with van der Waals surface area (Å²) in [5, 5.41) is 7.90. The minimum absolute atomic E-state index is 0.152. The molecule has 1 aromatic carbocycles. The summed E-state index contributed by atoms with van der Waals surface area (Å²) in [6, 6.07) is 12.9. The summed E-state index contributed by atoms with van der Waals surface area (Å²) >= 11 is 0. The molecular formula is C18H27N3. The number of hydrogen-bond donors (Lipinski definition) is 1. The molecule has 0 radical (unpaired) electrons. The van der Waals surface area contributed by atoms with Crippen LogP contribution in [0, 0.1) is 0 Å². The smallest absolute Gasteiger partial charge is 0.0492 e. The van der Waals surface area contributed by atoms with Crippen LogP contribution in [0.25, 0.3) is 0 Å². The van der Waals surface area contributed by atoms with Gasteiger partial charge in [0.15, 0.2) is 0 Å². The second kappa shape index (κ2) is 6.90. The third-order valence-electron chi connectivity index (χ3n) is 3.82. The van der Waals surface area contributed by atoms with E-state index >= 15 is 0 Å². The van der Waals surface area contributed by atoms with Crippen LogP contribution in [0.1, 0.15) is 44.4 Å². The van der Waals surface area contributed by atoms with E-state index in [9.17, 15) is 0 Å². The van der Waals surface area contributed by atoms with Crippen LogP contribution in [-0.4, -0.2) is 21.9 Å². The van der Waals surface area contributed by atoms with Crippen molar-refractivity contribution in [2.75, 3.05) is 6.54 Å². The standard InChI is InChI=1S/C18H27N3/c1-18(2,3)19-14-16(15-8-6-5-7-9-15)10-11-17-12-13-20-21(17)4/h5-9,12-13,16,19H,10-11,14H2,1-4H3. The lowest BCUT2D eigenvalue weighted by molar-refractivity contribution is 0.398. The van der Waals surface area contributed by atoms with E-state index in [1.165, 1.54) is 11.3 Å². The molecule has 1 heterocycles. The fourth-order valence-electron chi connectivity index (χ4n) is 2.51. The van der Waals surface area contributed by atoms with E-state index in [1.807, 2.05) is 17.9 Å². The first-order valence-corrected chi connectivity index (χ1v) is 7.72. The fourth-order valence-corrected chi connectivity index (χ4v) is 2.51. The van der Waals surface area contributed by atoms with Crippen molar-refractivity contribution in [2.45, 2.75) is 45.1 Å². The Morgan fingerprint density at radius 3 is 2.43 bits per heavy atom. The highest BCUT2D eigenvalue weighted by Crippen LogP contribution is 2.22. The second-order valence-electron chi connectivity index (χ2n) is 6.72. The molecule has 0 bridgehead atoms. The average Bonchev–Trinajstić information content (AvgIpc) is 2.84. The molecule has 0 saturated heterocycles. The number of nitrogens with one attached hydrogen (secondary N) is 1. The van der Waals surface area contributed by atoms with Crippen molar-refractivity contribution >= 4 is 0 Å². The van der Waals surface area contributed by atoms with Gasteiger partial charge in [-0.05, 0) is 51.2 Å². The molecule has 1 aromatic heterocycles. The highest BCUT2D eigenvalue weighted by Gasteiger charge is 2.16. The second-order valence-corrected chi connectivity index (χ2v) is 6.72. The van der Waals surface area contributed by atoms with Gasteiger partial charge in [0.1, 0.15) is 0 Å². The molecule has 2 aromatic rings. The maximum atomic E-state index is 4.25. The molecule has 0 amide bonds. The van der Waals surface area contributed by atoms with Crippen LogP contribution in [0.5, 0.6) is 0 Å². The molecule has 0 aliphatic carbocycles. The van der Waals surface area contributed by atoms with Gasteiger partial charge in [0.05, 0.1) is 0 Å². The third kappa shape index (κ3) is 5.01. The fraction of sp³-hybridized carbons (Fsp3) is 0.500. The number of nitrogens with zero attached hydrogens (tertiary/aromatic N) is 2. The predicted octanol–water partition coefficient (Wildman–Crippen LogP) is 3.52. The first-order valence-electron chi connectivity index (χ1n) is 7.72. The van der Waals surface area contributed by atoms with E-state index in [-0.39, 0.29) is 5.54 Å². The lowest BCUT2D eigenvalue weighted by atomic mass is 9.92. The Morgan fingerprint density at radius 1 is 1.14 bits per heavy atom. The van der Waals surface area contributed by atoms with Gasteiger partial charge < -0.3 is 5.32 Å². The summed E-state index contributed by atoms with van der Waals surface area (Å²) in [7, 11) is 2.01. The van der Waals surface area contributed by atoms with Gasteiger partial charge in [0, 0.05) is 31.0 Å². The van der Waals surface area contributed by atoms with Crippen LogP contribution >= 0.6 is 0 Å². The van der Waals surface area contributed by atoms with Crippen molar-refractivity contribution in [2.24, 2.45) is 7.05 Å². The number of aryl methyl sites for hydroxylation is 2. The molecule has 0 saturated carbocycles. The molecule has 1 atom stereocenters. The first kappa shape index (κ1) is 15.8. The van der Waals surface area contributed by atoms with Crippen molar-refractivity contribution in [1.82, 2.24) is 15.1 Å². The van der Waals surface area contributed by atoms with Crippen molar-refractivity contribution in [3.63, 3.8) is 0 Å². The number of benzene rings is 1. The number of rotatable bonds is 6. The molecule has 0 aliphatic heterocycles. The van der Waals surface area contributed by atoms with Crippen molar-refractivity contribution in [3.8, 4) is 0 Å². The topological polar surface area (TPSA) is 29.9 Å². The van der Waals surface area contributed by atoms with E-state index in [2.05, 4.69) is 67.6 Å². The van der Waals surface area contributed by atoms with E-state index in [4.69, 9.17) is 0 Å². The average molecular weight is 285 g/mol. The maximum Gasteiger partial charge on any atom is 0.0492 e. The van der Waals surface area contributed by atoms with Crippen molar-refractivity contribution < 1.29 is 0 Å². The predicted molar refractivity (Wildman–Crippen MR) is 88.5 cm³/mol. The Hall–Kier alpha value is -1.61. The highest BCUT2D eigenvalue weighted by atomic mass is 15.2. The largest absolute Gasteiger partial charge is 0.311 e. The van der Waals surface area contributed by atoms with Gasteiger partial charge in [-0.15, -0.1) is 0 Å². The summed E-state index contributed by atoms with van der Waals surface area (Å²) in [6.45, 7) is 7.66. The highest BCUT2D eigenvalue weighted by molar-refractivity contribution is 5.20. The van der Waals surface area contributed by atoms with E-state index in [0.29, 0.717) is 5.92 Å². The summed E-state index contributed by atoms with van der Waals surface area (Å²) in [5.41, 5.74) is 2.86. The van der Waals surface area contributed by atoms with Crippen LogP contribution in [0.4, 0.5) is 0 Å². The summed E-state index contributed by atoms with van der Waals surface area (Å²) in [5.74, 6) is 0.528. The molecule has 3 heteroatoms. The number of aromatic nitrogens is 2. The molecule has 0 spiro atoms. The van der Waals surface area contributed by atoms with Crippen molar-refractivity contribution in [3.05, 3.63) is 53.9 Å². The minimum atomic E-state index is 0.152. The van der Waals surface area contributed by atoms with E-state index < -0.39 is 0 Å². The Kier molecular flexibility index (Phi) is 5.18. The lowest BCUT2D eigenvalue weighted by Crippen LogP contribution is -2.38. The molecule has 114 valence electrons. The summed E-state index contributed by atoms with van der Waals surface area (Å²) in [4.78, 5) is 0. The zero-order chi connectivity index (χ0) is 15.3. The monoisotopic (exact) mass is 285 g/mol. The van der Waals surface area contributed by atoms with Crippen LogP contribution < -0.4 is 5.32 Å². The molecular weight excluding hydrogens is 258 g/mol. The third-order valence-corrected chi connectivity index (χ3v) is 3.82. The van der Waals surface area contributed by atoms with Crippen LogP contribution in [-0.2, 0) is 13.5 Å². The molecule has 1 N–H and O–H groups in total. The van der Waals surface area contributed by atoms with Crippen LogP contribution in [0.2, 0.25) is 0 Å². The van der Waals surface area contributed by atoms with Gasteiger partial charge in [-0.2, -0.15) is 5.10 Å². The van der Waals surface area contributed by atoms with Crippen molar-refractivity contribution in [1.29, 1.82) is 0 Å².